The molecule has 540 valence electrons. The Morgan fingerprint density at radius 2 is 1.61 bits per heavy atom. The van der Waals surface area contributed by atoms with Crippen LogP contribution in [0, 0.1) is 25.7 Å². The lowest BCUT2D eigenvalue weighted by atomic mass is 9.87. The van der Waals surface area contributed by atoms with E-state index in [9.17, 15) is 57.4 Å². The van der Waals surface area contributed by atoms with Gasteiger partial charge in [0.05, 0.1) is 69.0 Å². The van der Waals surface area contributed by atoms with Gasteiger partial charge in [-0.1, -0.05) is 62.3 Å². The number of amides is 1. The lowest BCUT2D eigenvalue weighted by Gasteiger charge is -2.22. The van der Waals surface area contributed by atoms with Crippen LogP contribution in [0.25, 0.3) is 33.4 Å². The largest absolute Gasteiger partial charge is 0.490 e. The number of phosphoric acid groups is 3. The normalized spacial score (nSPS) is 16.7. The van der Waals surface area contributed by atoms with Gasteiger partial charge in [-0.25, -0.2) is 28.1 Å². The van der Waals surface area contributed by atoms with E-state index in [1.165, 1.54) is 16.9 Å². The molecule has 98 heavy (non-hydrogen) atoms. The quantitative estimate of drug-likeness (QED) is 0.00280. The van der Waals surface area contributed by atoms with Crippen LogP contribution in [0.2, 0.25) is 0 Å². The third kappa shape index (κ3) is 26.9. The number of unbranched alkanes of at least 4 members (excludes halogenated alkanes) is 1. The number of ketones is 1. The van der Waals surface area contributed by atoms with Crippen molar-refractivity contribution in [3.05, 3.63) is 108 Å². The van der Waals surface area contributed by atoms with Crippen LogP contribution >= 0.6 is 45.1 Å². The van der Waals surface area contributed by atoms with Crippen LogP contribution in [0.3, 0.4) is 0 Å². The molecule has 3 unspecified atom stereocenters. The molecule has 6 atom stereocenters. The molecule has 36 heteroatoms. The van der Waals surface area contributed by atoms with Gasteiger partial charge in [0, 0.05) is 84.7 Å². The van der Waals surface area contributed by atoms with Crippen LogP contribution in [-0.2, 0) is 91.9 Å². The second-order valence-electron chi connectivity index (χ2n) is 22.8. The summed E-state index contributed by atoms with van der Waals surface area (Å²) in [4.78, 5) is 120. The number of Topliss-reactive ketones (excluding diaryl/α,β-unsaturated/α-hetero) is 1. The van der Waals surface area contributed by atoms with Crippen molar-refractivity contribution in [1.82, 2.24) is 14.9 Å². The number of aryl methyl sites for hydroxylation is 3. The van der Waals surface area contributed by atoms with Gasteiger partial charge in [0.15, 0.2) is 5.78 Å². The van der Waals surface area contributed by atoms with Gasteiger partial charge in [-0.05, 0) is 137 Å². The first-order chi connectivity index (χ1) is 46.4. The second kappa shape index (κ2) is 39.2. The number of carboxylic acids is 1. The smallest absolute Gasteiger partial charge is 0.478 e. The number of aromatic nitrogens is 2. The summed E-state index contributed by atoms with van der Waals surface area (Å²) in [6, 6.07) is 12.7. The maximum Gasteiger partial charge on any atom is 0.490 e. The molecule has 0 saturated carbocycles. The fourth-order valence-electron chi connectivity index (χ4n) is 9.82. The van der Waals surface area contributed by atoms with Crippen molar-refractivity contribution in [3.8, 4) is 34.3 Å². The average Bonchev–Trinajstić information content (AvgIpc) is 0.822. The number of nitrogens with zero attached hydrogens (tertiary/aromatic N) is 2. The number of H-pyrrole nitrogens is 1. The van der Waals surface area contributed by atoms with E-state index in [1.807, 2.05) is 58.9 Å². The molecule has 3 heterocycles. The summed E-state index contributed by atoms with van der Waals surface area (Å²) in [6.07, 6.45) is 2.73. The monoisotopic (exact) mass is 1500 g/mol. The molecule has 0 bridgehead atoms. The summed E-state index contributed by atoms with van der Waals surface area (Å²) < 4.78 is 93.9. The van der Waals surface area contributed by atoms with Crippen LogP contribution < -0.4 is 21.9 Å². The highest BCUT2D eigenvalue weighted by Gasteiger charge is 2.44. The number of carbonyl (C=O) groups excluding carboxylic acids is 3. The summed E-state index contributed by atoms with van der Waals surface area (Å²) in [5, 5.41) is 14.7. The van der Waals surface area contributed by atoms with Gasteiger partial charge in [0.2, 0.25) is 0 Å². The molecule has 1 fully saturated rings. The molecule has 1 aliphatic carbocycles. The van der Waals surface area contributed by atoms with E-state index in [0.717, 1.165) is 56.6 Å². The number of alkyl carbamates (subject to hydrolysis) is 1. The Kier molecular flexibility index (Phi) is 32.7. The molecule has 0 radical (unpaired) electrons. The van der Waals surface area contributed by atoms with Crippen molar-refractivity contribution in [2.45, 2.75) is 129 Å². The van der Waals surface area contributed by atoms with E-state index < -0.39 is 87.2 Å². The molecule has 2 aromatic carbocycles. The Balaban J connectivity index is 0.799. The molecule has 7 N–H and O–H groups in total. The summed E-state index contributed by atoms with van der Waals surface area (Å²) in [5.74, 6) is 4.48. The van der Waals surface area contributed by atoms with E-state index in [0.29, 0.717) is 79.4 Å². The van der Waals surface area contributed by atoms with Crippen molar-refractivity contribution in [1.29, 1.82) is 0 Å². The first-order valence-corrected chi connectivity index (χ1v) is 40.7. The van der Waals surface area contributed by atoms with E-state index in [-0.39, 0.29) is 92.9 Å². The van der Waals surface area contributed by atoms with Gasteiger partial charge in [-0.15, -0.1) is 0 Å². The fraction of sp³-hybridized carbons (Fsp3) is 0.532. The molecule has 29 nitrogen and oxygen atoms in total. The number of hydrogen-bond acceptors (Lipinski definition) is 24. The predicted octanol–water partition coefficient (Wildman–Crippen LogP) is 9.33. The molecule has 1 saturated heterocycles. The Morgan fingerprint density at radius 3 is 2.33 bits per heavy atom. The van der Waals surface area contributed by atoms with Crippen LogP contribution in [-0.4, -0.2) is 159 Å². The number of aromatic carboxylic acids is 1. The molecular formula is C62H83N4O25P3S4. The molecule has 6 rings (SSSR count). The van der Waals surface area contributed by atoms with Crippen LogP contribution in [0.5, 0.6) is 0 Å². The minimum Gasteiger partial charge on any atom is -0.478 e. The van der Waals surface area contributed by atoms with Crippen molar-refractivity contribution in [2.75, 3.05) is 84.1 Å². The van der Waals surface area contributed by atoms with Gasteiger partial charge in [0.25, 0.3) is 5.56 Å². The molecule has 3 aliphatic rings. The van der Waals surface area contributed by atoms with Gasteiger partial charge in [-0.3, -0.25) is 33.5 Å². The zero-order valence-electron chi connectivity index (χ0n) is 55.2. The summed E-state index contributed by atoms with van der Waals surface area (Å²) in [5.41, 5.74) is 4.09. The Hall–Kier alpha value is -5.27. The number of fused-ring (bicyclic) bond motifs is 2. The van der Waals surface area contributed by atoms with Gasteiger partial charge < -0.3 is 67.6 Å². The van der Waals surface area contributed by atoms with Crippen molar-refractivity contribution in [3.63, 3.8) is 0 Å². The molecular weight excluding hydrogens is 1420 g/mol. The van der Waals surface area contributed by atoms with Crippen molar-refractivity contribution in [2.24, 2.45) is 4.99 Å². The Bertz CT molecular complexity index is 4000. The minimum absolute atomic E-state index is 0.00148. The second-order valence-corrected chi connectivity index (χ2v) is 33.3. The maximum atomic E-state index is 13.6. The van der Waals surface area contributed by atoms with Gasteiger partial charge in [-0.2, -0.15) is 8.62 Å². The van der Waals surface area contributed by atoms with Crippen LogP contribution in [0.1, 0.15) is 135 Å². The van der Waals surface area contributed by atoms with E-state index >= 15 is 0 Å². The number of ether oxygens (including phenoxy) is 7. The molecule has 2 aliphatic heterocycles. The Morgan fingerprint density at radius 1 is 0.878 bits per heavy atom. The maximum absolute atomic E-state index is 13.6. The Labute approximate surface area is 580 Å². The molecule has 3 aromatic rings. The SMILES string of the molecule is CCCc1cc2oc3cc(=NCC)c(C)cc-3c(-c3cc(C(=O)CCCOCCOCCNC(=O)OCCC(C)(C)SSCOCCCCOC(=O)CCC#Cc4cn([C@H]5C[C@H](OCS(C)=S)[C@@H](COP(=O)(O)OP(=O)(O)OP(=O)(O)O)O5)c(=O)[nH]c4=O)ccc3C(=O)O)c2cc1C. The number of carboxylic acid groups (broad SMARTS) is 1. The number of rotatable bonds is 41. The van der Waals surface area contributed by atoms with E-state index in [1.54, 1.807) is 29.2 Å². The van der Waals surface area contributed by atoms with E-state index in [4.69, 9.17) is 63.1 Å². The zero-order valence-corrected chi connectivity index (χ0v) is 61.1. The van der Waals surface area contributed by atoms with Crippen LogP contribution in [0.15, 0.2) is 67.7 Å². The van der Waals surface area contributed by atoms with Crippen LogP contribution in [0.4, 0.5) is 4.79 Å². The van der Waals surface area contributed by atoms with Crippen molar-refractivity contribution >= 4 is 100 Å². The highest BCUT2D eigenvalue weighted by molar-refractivity contribution is 8.77. The topological polar surface area (TPSA) is 405 Å². The zero-order chi connectivity index (χ0) is 71.8. The summed E-state index contributed by atoms with van der Waals surface area (Å²) >= 11 is 5.16. The summed E-state index contributed by atoms with van der Waals surface area (Å²) in [6.45, 7) is 13.9. The summed E-state index contributed by atoms with van der Waals surface area (Å²) in [7, 11) is -14.6. The first kappa shape index (κ1) is 81.7. The highest BCUT2D eigenvalue weighted by Crippen LogP contribution is 2.66. The van der Waals surface area contributed by atoms with Gasteiger partial charge in [0.1, 0.15) is 35.2 Å². The van der Waals surface area contributed by atoms with Gasteiger partial charge >= 0.3 is 47.2 Å². The standard InChI is InChI=1S/C62H83N4O25P3S4/c1-8-15-42-33-51-47(30-40(42)3)57(48-31-41(4)49(63-9-2)34-52(48)88-51)46-32-43(19-20-45(46)59(70)71)50(67)17-14-24-81-28-29-82-27-22-64-61(73)85-26-21-62(5,6)97-96-38-83-23-12-13-25-84-56(68)18-11-10-16-44-36-66(60(72)65-58(44)69)55-35-53(86-39-98(7)95)54(89-55)37-87-93(77,78)91-94(79,80)90-92(74,75)76/h19-20,30-34,36,53-55H,8-9,11-15,17-18,21-29,35,37-39H2,1-7H3,(H,64,73)(H,70,71)(H,77,78)(H,79,80)(H,65,69,72)(H2,74,75,76)/t53-,54+,55+,98?/m0/s1. The number of nitrogens with one attached hydrogen (secondary N) is 2. The number of benzene rings is 3. The fourth-order valence-corrected chi connectivity index (χ4v) is 15.7. The molecule has 1 amide bonds. The number of esters is 1. The third-order valence-electron chi connectivity index (χ3n) is 14.5. The predicted molar refractivity (Wildman–Crippen MR) is 370 cm³/mol. The number of aromatic amines is 1. The number of hydrogen-bond donors (Lipinski definition) is 7. The number of phosphoric ester groups is 1. The molecule has 1 aromatic heterocycles. The minimum atomic E-state index is -5.80. The van der Waals surface area contributed by atoms with Crippen molar-refractivity contribution < 1.29 is 108 Å². The van der Waals surface area contributed by atoms with E-state index in [2.05, 4.69) is 42.7 Å². The lowest BCUT2D eigenvalue weighted by molar-refractivity contribution is -0.143. The number of carbonyl (C=O) groups is 4. The average molecular weight is 1510 g/mol. The highest BCUT2D eigenvalue weighted by atomic mass is 33.1. The lowest BCUT2D eigenvalue weighted by Crippen LogP contribution is -2.33. The first-order valence-electron chi connectivity index (χ1n) is 31.1. The third-order valence-corrected chi connectivity index (χ3v) is 22.1. The molecule has 0 spiro atoms.